The standard InChI is InChI=1S/C25H28FN3O4/c1-4-6-14-29-16(3)21(24(31)33-5-2)22(28-25(29)32)17-10-12-20(13-11-17)27-23(30)18-8-7-9-19(26)15-18/h7-13,15,22H,4-6,14H2,1-3H3,(H,27,30)(H,28,32). The minimum atomic E-state index is -0.678. The fraction of sp³-hybridized carbons (Fsp3) is 0.320. The second-order valence-corrected chi connectivity index (χ2v) is 7.69. The predicted octanol–water partition coefficient (Wildman–Crippen LogP) is 4.78. The highest BCUT2D eigenvalue weighted by Gasteiger charge is 2.36. The maximum atomic E-state index is 13.4. The summed E-state index contributed by atoms with van der Waals surface area (Å²) in [5.41, 5.74) is 2.32. The number of anilines is 1. The van der Waals surface area contributed by atoms with E-state index in [0.717, 1.165) is 18.9 Å². The van der Waals surface area contributed by atoms with Gasteiger partial charge in [-0.05, 0) is 56.2 Å². The van der Waals surface area contributed by atoms with E-state index in [2.05, 4.69) is 10.6 Å². The zero-order valence-electron chi connectivity index (χ0n) is 19.0. The van der Waals surface area contributed by atoms with Crippen LogP contribution in [-0.4, -0.2) is 36.0 Å². The summed E-state index contributed by atoms with van der Waals surface area (Å²) < 4.78 is 18.6. The highest BCUT2D eigenvalue weighted by molar-refractivity contribution is 6.04. The number of unbranched alkanes of at least 4 members (excludes halogenated alkanes) is 1. The molecule has 1 unspecified atom stereocenters. The number of esters is 1. The SMILES string of the molecule is CCCCN1C(=O)NC(c2ccc(NC(=O)c3cccc(F)c3)cc2)C(C(=O)OCC)=C1C. The molecule has 2 aromatic rings. The quantitative estimate of drug-likeness (QED) is 0.563. The number of allylic oxidation sites excluding steroid dienone is 1. The molecule has 1 aliphatic heterocycles. The van der Waals surface area contributed by atoms with E-state index in [-0.39, 0.29) is 18.2 Å². The first-order valence-corrected chi connectivity index (χ1v) is 11.0. The third kappa shape index (κ3) is 5.58. The van der Waals surface area contributed by atoms with Crippen molar-refractivity contribution in [2.75, 3.05) is 18.5 Å². The Kier molecular flexibility index (Phi) is 7.82. The van der Waals surface area contributed by atoms with Gasteiger partial charge in [-0.1, -0.05) is 31.5 Å². The molecule has 1 heterocycles. The summed E-state index contributed by atoms with van der Waals surface area (Å²) in [6.07, 6.45) is 1.73. The van der Waals surface area contributed by atoms with E-state index in [9.17, 15) is 18.8 Å². The fourth-order valence-corrected chi connectivity index (χ4v) is 3.68. The average Bonchev–Trinajstić information content (AvgIpc) is 2.79. The Morgan fingerprint density at radius 1 is 1.15 bits per heavy atom. The number of halogens is 1. The molecule has 0 fully saturated rings. The van der Waals surface area contributed by atoms with Crippen LogP contribution < -0.4 is 10.6 Å². The number of ether oxygens (including phenoxy) is 1. The molecule has 33 heavy (non-hydrogen) atoms. The molecule has 174 valence electrons. The van der Waals surface area contributed by atoms with Crippen LogP contribution in [0.3, 0.4) is 0 Å². The molecule has 7 nitrogen and oxygen atoms in total. The smallest absolute Gasteiger partial charge is 0.338 e. The molecule has 3 amide bonds. The number of nitrogens with zero attached hydrogens (tertiary/aromatic N) is 1. The van der Waals surface area contributed by atoms with Crippen LogP contribution in [0.1, 0.15) is 55.6 Å². The van der Waals surface area contributed by atoms with Gasteiger partial charge in [-0.25, -0.2) is 14.0 Å². The number of rotatable bonds is 8. The number of urea groups is 1. The van der Waals surface area contributed by atoms with Crippen molar-refractivity contribution in [3.05, 3.63) is 76.7 Å². The Hall–Kier alpha value is -3.68. The number of hydrogen-bond donors (Lipinski definition) is 2. The Labute approximate surface area is 192 Å². The van der Waals surface area contributed by atoms with Crippen molar-refractivity contribution in [1.29, 1.82) is 0 Å². The Bertz CT molecular complexity index is 1070. The first-order valence-electron chi connectivity index (χ1n) is 11.0. The van der Waals surface area contributed by atoms with Crippen molar-refractivity contribution in [3.8, 4) is 0 Å². The van der Waals surface area contributed by atoms with Crippen LogP contribution >= 0.6 is 0 Å². The third-order valence-electron chi connectivity index (χ3n) is 5.42. The summed E-state index contributed by atoms with van der Waals surface area (Å²) in [5, 5.41) is 5.62. The molecule has 8 heteroatoms. The first kappa shape index (κ1) is 24.0. The molecule has 0 spiro atoms. The molecule has 3 rings (SSSR count). The second-order valence-electron chi connectivity index (χ2n) is 7.69. The maximum Gasteiger partial charge on any atom is 0.338 e. The summed E-state index contributed by atoms with van der Waals surface area (Å²) in [7, 11) is 0. The molecule has 2 N–H and O–H groups in total. The van der Waals surface area contributed by atoms with Gasteiger partial charge in [0.1, 0.15) is 5.82 Å². The maximum absolute atomic E-state index is 13.4. The Morgan fingerprint density at radius 3 is 2.52 bits per heavy atom. The molecule has 0 radical (unpaired) electrons. The van der Waals surface area contributed by atoms with Gasteiger partial charge in [-0.3, -0.25) is 9.69 Å². The Morgan fingerprint density at radius 2 is 1.88 bits per heavy atom. The van der Waals surface area contributed by atoms with Crippen molar-refractivity contribution in [2.24, 2.45) is 0 Å². The van der Waals surface area contributed by atoms with E-state index in [1.54, 1.807) is 43.0 Å². The highest BCUT2D eigenvalue weighted by Crippen LogP contribution is 2.32. The van der Waals surface area contributed by atoms with Gasteiger partial charge in [0, 0.05) is 23.5 Å². The zero-order chi connectivity index (χ0) is 24.0. The topological polar surface area (TPSA) is 87.7 Å². The van der Waals surface area contributed by atoms with Gasteiger partial charge in [0.15, 0.2) is 0 Å². The van der Waals surface area contributed by atoms with Gasteiger partial charge in [-0.2, -0.15) is 0 Å². The van der Waals surface area contributed by atoms with Crippen LogP contribution in [0.5, 0.6) is 0 Å². The lowest BCUT2D eigenvalue weighted by Crippen LogP contribution is -2.48. The van der Waals surface area contributed by atoms with E-state index in [0.29, 0.717) is 29.1 Å². The minimum Gasteiger partial charge on any atom is -0.463 e. The molecule has 0 saturated heterocycles. The van der Waals surface area contributed by atoms with Crippen LogP contribution in [0.15, 0.2) is 59.8 Å². The Balaban J connectivity index is 1.85. The molecular weight excluding hydrogens is 425 g/mol. The molecule has 1 atom stereocenters. The number of nitrogens with one attached hydrogen (secondary N) is 2. The van der Waals surface area contributed by atoms with Crippen molar-refractivity contribution in [1.82, 2.24) is 10.2 Å². The largest absolute Gasteiger partial charge is 0.463 e. The minimum absolute atomic E-state index is 0.203. The van der Waals surface area contributed by atoms with E-state index in [4.69, 9.17) is 4.74 Å². The summed E-state index contributed by atoms with van der Waals surface area (Å²) in [5.74, 6) is -1.42. The second kappa shape index (κ2) is 10.8. The van der Waals surface area contributed by atoms with Gasteiger partial charge in [0.05, 0.1) is 18.2 Å². The van der Waals surface area contributed by atoms with Gasteiger partial charge in [0.25, 0.3) is 5.91 Å². The van der Waals surface area contributed by atoms with Crippen LogP contribution in [0.25, 0.3) is 0 Å². The number of benzene rings is 2. The van der Waals surface area contributed by atoms with Crippen LogP contribution in [0, 0.1) is 5.82 Å². The molecule has 0 bridgehead atoms. The van der Waals surface area contributed by atoms with E-state index in [1.165, 1.54) is 18.2 Å². The lowest BCUT2D eigenvalue weighted by atomic mass is 9.94. The third-order valence-corrected chi connectivity index (χ3v) is 5.42. The number of hydrogen-bond acceptors (Lipinski definition) is 4. The van der Waals surface area contributed by atoms with Crippen LogP contribution in [0.4, 0.5) is 14.9 Å². The van der Waals surface area contributed by atoms with Crippen molar-refractivity contribution >= 4 is 23.6 Å². The number of amides is 3. The molecule has 0 aromatic heterocycles. The normalized spacial score (nSPS) is 15.8. The van der Waals surface area contributed by atoms with Gasteiger partial charge in [0.2, 0.25) is 0 Å². The van der Waals surface area contributed by atoms with Crippen LogP contribution in [0.2, 0.25) is 0 Å². The monoisotopic (exact) mass is 453 g/mol. The number of carbonyl (C=O) groups excluding carboxylic acids is 3. The molecule has 1 aliphatic rings. The van der Waals surface area contributed by atoms with Gasteiger partial charge < -0.3 is 15.4 Å². The zero-order valence-corrected chi connectivity index (χ0v) is 19.0. The predicted molar refractivity (Wildman–Crippen MR) is 123 cm³/mol. The molecule has 0 aliphatic carbocycles. The van der Waals surface area contributed by atoms with Gasteiger partial charge in [-0.15, -0.1) is 0 Å². The van der Waals surface area contributed by atoms with Gasteiger partial charge >= 0.3 is 12.0 Å². The fourth-order valence-electron chi connectivity index (χ4n) is 3.68. The molecule has 0 saturated carbocycles. The number of carbonyl (C=O) groups is 3. The highest BCUT2D eigenvalue weighted by atomic mass is 19.1. The van der Waals surface area contributed by atoms with Crippen molar-refractivity contribution < 1.29 is 23.5 Å². The van der Waals surface area contributed by atoms with E-state index in [1.807, 2.05) is 6.92 Å². The molecular formula is C25H28FN3O4. The lowest BCUT2D eigenvalue weighted by Gasteiger charge is -2.35. The lowest BCUT2D eigenvalue weighted by molar-refractivity contribution is -0.139. The van der Waals surface area contributed by atoms with Crippen LogP contribution in [-0.2, 0) is 9.53 Å². The average molecular weight is 454 g/mol. The summed E-state index contributed by atoms with van der Waals surface area (Å²) >= 11 is 0. The molecule has 2 aromatic carbocycles. The van der Waals surface area contributed by atoms with Crippen molar-refractivity contribution in [2.45, 2.75) is 39.7 Å². The van der Waals surface area contributed by atoms with E-state index >= 15 is 0 Å². The van der Waals surface area contributed by atoms with E-state index < -0.39 is 23.7 Å². The van der Waals surface area contributed by atoms with Crippen molar-refractivity contribution in [3.63, 3.8) is 0 Å². The summed E-state index contributed by atoms with van der Waals surface area (Å²) in [4.78, 5) is 39.5. The summed E-state index contributed by atoms with van der Waals surface area (Å²) in [6, 6.07) is 11.2. The first-order chi connectivity index (χ1) is 15.8. The summed E-state index contributed by atoms with van der Waals surface area (Å²) in [6.45, 7) is 6.24.